The molecule has 1 fully saturated rings. The van der Waals surface area contributed by atoms with E-state index in [0.717, 1.165) is 44.0 Å². The van der Waals surface area contributed by atoms with Gasteiger partial charge in [-0.3, -0.25) is 14.6 Å². The second-order valence-electron chi connectivity index (χ2n) is 6.31. The molecule has 1 amide bonds. The quantitative estimate of drug-likeness (QED) is 0.854. The summed E-state index contributed by atoms with van der Waals surface area (Å²) in [5, 5.41) is 2.93. The fraction of sp³-hybridized carbons (Fsp3) is 0.286. The summed E-state index contributed by atoms with van der Waals surface area (Å²) in [5.74, 6) is 2.58. The minimum absolute atomic E-state index is 0.00526. The number of rotatable bonds is 5. The second kappa shape index (κ2) is 8.48. The van der Waals surface area contributed by atoms with Gasteiger partial charge in [0.25, 0.3) is 0 Å². The van der Waals surface area contributed by atoms with Crippen molar-refractivity contribution in [3.05, 3.63) is 65.7 Å². The van der Waals surface area contributed by atoms with Crippen molar-refractivity contribution in [3.8, 4) is 12.3 Å². The summed E-state index contributed by atoms with van der Waals surface area (Å²) in [7, 11) is 0. The standard InChI is InChI=1S/C21H23N3O/c1-2-18-9-6-10-20(15-18)22-21(25)17-24-13-11-23(12-14-24)16-19-7-4-3-5-8-19/h1,3-10,15H,11-14,16-17H2,(H,22,25). The van der Waals surface area contributed by atoms with Gasteiger partial charge in [0, 0.05) is 44.0 Å². The summed E-state index contributed by atoms with van der Waals surface area (Å²) in [5.41, 5.74) is 2.86. The van der Waals surface area contributed by atoms with Gasteiger partial charge in [0.15, 0.2) is 0 Å². The third kappa shape index (κ3) is 5.18. The number of terminal acetylenes is 1. The van der Waals surface area contributed by atoms with Gasteiger partial charge in [-0.05, 0) is 23.8 Å². The van der Waals surface area contributed by atoms with Crippen molar-refractivity contribution in [3.63, 3.8) is 0 Å². The molecule has 0 atom stereocenters. The van der Waals surface area contributed by atoms with E-state index in [-0.39, 0.29) is 5.91 Å². The van der Waals surface area contributed by atoms with Gasteiger partial charge in [-0.2, -0.15) is 0 Å². The van der Waals surface area contributed by atoms with E-state index >= 15 is 0 Å². The molecule has 1 aliphatic rings. The van der Waals surface area contributed by atoms with E-state index in [9.17, 15) is 4.79 Å². The number of amides is 1. The first kappa shape index (κ1) is 17.2. The second-order valence-corrected chi connectivity index (χ2v) is 6.31. The Morgan fingerprint density at radius 3 is 2.44 bits per heavy atom. The normalized spacial score (nSPS) is 15.5. The van der Waals surface area contributed by atoms with Crippen molar-refractivity contribution in [1.82, 2.24) is 9.80 Å². The summed E-state index contributed by atoms with van der Waals surface area (Å²) < 4.78 is 0. The lowest BCUT2D eigenvalue weighted by Gasteiger charge is -2.34. The molecule has 0 bridgehead atoms. The number of piperazine rings is 1. The Labute approximate surface area is 149 Å². The van der Waals surface area contributed by atoms with Gasteiger partial charge in [-0.1, -0.05) is 42.3 Å². The van der Waals surface area contributed by atoms with Crippen LogP contribution in [-0.4, -0.2) is 48.4 Å². The van der Waals surface area contributed by atoms with Crippen molar-refractivity contribution in [2.45, 2.75) is 6.54 Å². The minimum atomic E-state index is 0.00526. The molecule has 1 heterocycles. The molecule has 0 unspecified atom stereocenters. The first-order valence-electron chi connectivity index (χ1n) is 8.58. The monoisotopic (exact) mass is 333 g/mol. The first-order valence-corrected chi connectivity index (χ1v) is 8.58. The number of carbonyl (C=O) groups excluding carboxylic acids is 1. The topological polar surface area (TPSA) is 35.6 Å². The van der Waals surface area contributed by atoms with E-state index < -0.39 is 0 Å². The number of hydrogen-bond donors (Lipinski definition) is 1. The predicted octanol–water partition coefficient (Wildman–Crippen LogP) is 2.42. The number of hydrogen-bond acceptors (Lipinski definition) is 3. The molecule has 3 rings (SSSR count). The molecule has 1 saturated heterocycles. The van der Waals surface area contributed by atoms with Gasteiger partial charge in [0.05, 0.1) is 6.54 Å². The SMILES string of the molecule is C#Cc1cccc(NC(=O)CN2CCN(Cc3ccccc3)CC2)c1. The van der Waals surface area contributed by atoms with Crippen molar-refractivity contribution in [2.75, 3.05) is 38.0 Å². The maximum absolute atomic E-state index is 12.2. The van der Waals surface area contributed by atoms with Gasteiger partial charge >= 0.3 is 0 Å². The summed E-state index contributed by atoms with van der Waals surface area (Å²) in [4.78, 5) is 16.9. The van der Waals surface area contributed by atoms with E-state index in [0.29, 0.717) is 6.54 Å². The van der Waals surface area contributed by atoms with Gasteiger partial charge in [-0.25, -0.2) is 0 Å². The average molecular weight is 333 g/mol. The third-order valence-corrected chi connectivity index (χ3v) is 4.39. The highest BCUT2D eigenvalue weighted by Crippen LogP contribution is 2.11. The molecular formula is C21H23N3O. The minimum Gasteiger partial charge on any atom is -0.325 e. The van der Waals surface area contributed by atoms with Gasteiger partial charge in [0.1, 0.15) is 0 Å². The molecule has 0 radical (unpaired) electrons. The van der Waals surface area contributed by atoms with Crippen LogP contribution in [0.5, 0.6) is 0 Å². The van der Waals surface area contributed by atoms with Crippen molar-refractivity contribution >= 4 is 11.6 Å². The van der Waals surface area contributed by atoms with Crippen LogP contribution < -0.4 is 5.32 Å². The lowest BCUT2D eigenvalue weighted by Crippen LogP contribution is -2.48. The van der Waals surface area contributed by atoms with Crippen LogP contribution in [0.3, 0.4) is 0 Å². The lowest BCUT2D eigenvalue weighted by atomic mass is 10.2. The highest BCUT2D eigenvalue weighted by Gasteiger charge is 2.19. The average Bonchev–Trinajstić information content (AvgIpc) is 2.64. The number of nitrogens with one attached hydrogen (secondary N) is 1. The van der Waals surface area contributed by atoms with Gasteiger partial charge in [-0.15, -0.1) is 6.42 Å². The zero-order chi connectivity index (χ0) is 17.5. The maximum atomic E-state index is 12.2. The summed E-state index contributed by atoms with van der Waals surface area (Å²) in [6, 6.07) is 17.9. The molecule has 4 heteroatoms. The lowest BCUT2D eigenvalue weighted by molar-refractivity contribution is -0.117. The van der Waals surface area contributed by atoms with Crippen LogP contribution in [0.25, 0.3) is 0 Å². The van der Waals surface area contributed by atoms with E-state index in [1.54, 1.807) is 0 Å². The molecule has 1 aliphatic heterocycles. The van der Waals surface area contributed by atoms with Crippen LogP contribution in [0.1, 0.15) is 11.1 Å². The first-order chi connectivity index (χ1) is 12.2. The maximum Gasteiger partial charge on any atom is 0.238 e. The summed E-state index contributed by atoms with van der Waals surface area (Å²) >= 11 is 0. The van der Waals surface area contributed by atoms with E-state index in [4.69, 9.17) is 6.42 Å². The van der Waals surface area contributed by atoms with Crippen LogP contribution >= 0.6 is 0 Å². The zero-order valence-electron chi connectivity index (χ0n) is 14.3. The van der Waals surface area contributed by atoms with Crippen LogP contribution in [0.2, 0.25) is 0 Å². The van der Waals surface area contributed by atoms with Crippen molar-refractivity contribution in [1.29, 1.82) is 0 Å². The molecular weight excluding hydrogens is 310 g/mol. The molecule has 0 spiro atoms. The van der Waals surface area contributed by atoms with Crippen LogP contribution in [0, 0.1) is 12.3 Å². The molecule has 128 valence electrons. The molecule has 4 nitrogen and oxygen atoms in total. The van der Waals surface area contributed by atoms with Gasteiger partial charge in [0.2, 0.25) is 5.91 Å². The molecule has 1 N–H and O–H groups in total. The highest BCUT2D eigenvalue weighted by molar-refractivity contribution is 5.92. The van der Waals surface area contributed by atoms with Crippen LogP contribution in [0.15, 0.2) is 54.6 Å². The summed E-state index contributed by atoms with van der Waals surface area (Å²) in [6.45, 7) is 5.16. The number of nitrogens with zero attached hydrogens (tertiary/aromatic N) is 2. The Morgan fingerprint density at radius 1 is 1.00 bits per heavy atom. The van der Waals surface area contributed by atoms with Crippen LogP contribution in [-0.2, 0) is 11.3 Å². The largest absolute Gasteiger partial charge is 0.325 e. The smallest absolute Gasteiger partial charge is 0.238 e. The summed E-state index contributed by atoms with van der Waals surface area (Å²) in [6.07, 6.45) is 5.39. The third-order valence-electron chi connectivity index (χ3n) is 4.39. The van der Waals surface area contributed by atoms with E-state index in [2.05, 4.69) is 45.3 Å². The van der Waals surface area contributed by atoms with Gasteiger partial charge < -0.3 is 5.32 Å². The fourth-order valence-corrected chi connectivity index (χ4v) is 3.04. The van der Waals surface area contributed by atoms with E-state index in [1.165, 1.54) is 5.56 Å². The van der Waals surface area contributed by atoms with Crippen molar-refractivity contribution in [2.24, 2.45) is 0 Å². The van der Waals surface area contributed by atoms with E-state index in [1.807, 2.05) is 30.3 Å². The fourth-order valence-electron chi connectivity index (χ4n) is 3.04. The molecule has 0 aliphatic carbocycles. The molecule has 0 aromatic heterocycles. The molecule has 2 aromatic carbocycles. The Balaban J connectivity index is 1.44. The Bertz CT molecular complexity index is 743. The number of benzene rings is 2. The Morgan fingerprint density at radius 2 is 1.72 bits per heavy atom. The highest BCUT2D eigenvalue weighted by atomic mass is 16.2. The Hall–Kier alpha value is -2.61. The predicted molar refractivity (Wildman–Crippen MR) is 101 cm³/mol. The number of anilines is 1. The zero-order valence-corrected chi connectivity index (χ0v) is 14.3. The van der Waals surface area contributed by atoms with Crippen molar-refractivity contribution < 1.29 is 4.79 Å². The molecule has 2 aromatic rings. The Kier molecular flexibility index (Phi) is 5.84. The number of carbonyl (C=O) groups is 1. The van der Waals surface area contributed by atoms with Crippen LogP contribution in [0.4, 0.5) is 5.69 Å². The molecule has 0 saturated carbocycles. The molecule has 25 heavy (non-hydrogen) atoms.